The van der Waals surface area contributed by atoms with Crippen LogP contribution in [0.1, 0.15) is 17.3 Å². The Hall–Kier alpha value is -3.83. The van der Waals surface area contributed by atoms with Gasteiger partial charge in [-0.05, 0) is 38.2 Å². The molecule has 3 aromatic rings. The van der Waals surface area contributed by atoms with Crippen LogP contribution in [0.4, 0.5) is 5.69 Å². The Bertz CT molecular complexity index is 1170. The molecule has 1 saturated heterocycles. The zero-order chi connectivity index (χ0) is 23.4. The Kier molecular flexibility index (Phi) is 6.61. The van der Waals surface area contributed by atoms with Crippen LogP contribution >= 0.6 is 0 Å². The van der Waals surface area contributed by atoms with Gasteiger partial charge in [0.05, 0.1) is 18.7 Å². The molecular weight excluding hydrogens is 418 g/mol. The van der Waals surface area contributed by atoms with Crippen molar-refractivity contribution < 1.29 is 14.1 Å². The lowest BCUT2D eigenvalue weighted by molar-refractivity contribution is 0.0948. The average molecular weight is 446 g/mol. The molecule has 0 bridgehead atoms. The van der Waals surface area contributed by atoms with E-state index in [0.29, 0.717) is 22.8 Å². The summed E-state index contributed by atoms with van der Waals surface area (Å²) in [5.41, 5.74) is 3.74. The van der Waals surface area contributed by atoms with Crippen LogP contribution in [0.2, 0.25) is 0 Å². The molecule has 0 saturated carbocycles. The number of rotatable bonds is 6. The van der Waals surface area contributed by atoms with E-state index < -0.39 is 6.04 Å². The number of carbonyl (C=O) groups excluding carboxylic acids is 1. The zero-order valence-corrected chi connectivity index (χ0v) is 19.0. The van der Waals surface area contributed by atoms with Crippen molar-refractivity contribution >= 4 is 11.6 Å². The number of likely N-dealkylation sites (N-methyl/N-ethyl adjacent to an activating group) is 1. The Labute approximate surface area is 193 Å². The highest BCUT2D eigenvalue weighted by Gasteiger charge is 2.19. The van der Waals surface area contributed by atoms with Crippen LogP contribution in [0.15, 0.2) is 53.1 Å². The molecule has 0 aliphatic carbocycles. The Morgan fingerprint density at radius 1 is 1.18 bits per heavy atom. The van der Waals surface area contributed by atoms with Crippen molar-refractivity contribution in [3.8, 4) is 34.4 Å². The van der Waals surface area contributed by atoms with Crippen LogP contribution in [-0.4, -0.2) is 62.3 Å². The van der Waals surface area contributed by atoms with Crippen LogP contribution in [0.25, 0.3) is 22.6 Å². The standard InChI is InChI=1S/C25H27N5O3/c1-17(16-26)27-25(31)19-6-4-5-18(13-19)22-15-24(33-28-22)21-8-7-20(14-23(21)32-3)30-11-9-29(2)10-12-30/h4-8,13-15,17H,9-12H2,1-3H3,(H,27,31). The van der Waals surface area contributed by atoms with Crippen molar-refractivity contribution in [2.75, 3.05) is 45.2 Å². The maximum absolute atomic E-state index is 12.4. The topological polar surface area (TPSA) is 94.6 Å². The van der Waals surface area contributed by atoms with Crippen molar-refractivity contribution in [3.05, 3.63) is 54.1 Å². The number of nitriles is 1. The molecule has 0 radical (unpaired) electrons. The van der Waals surface area contributed by atoms with E-state index in [1.54, 1.807) is 32.2 Å². The smallest absolute Gasteiger partial charge is 0.252 e. The number of amides is 1. The van der Waals surface area contributed by atoms with Crippen molar-refractivity contribution in [1.29, 1.82) is 5.26 Å². The van der Waals surface area contributed by atoms with Crippen molar-refractivity contribution in [2.45, 2.75) is 13.0 Å². The highest BCUT2D eigenvalue weighted by atomic mass is 16.5. The number of nitrogens with one attached hydrogen (secondary N) is 1. The summed E-state index contributed by atoms with van der Waals surface area (Å²) < 4.78 is 11.3. The second-order valence-electron chi connectivity index (χ2n) is 8.16. The lowest BCUT2D eigenvalue weighted by atomic mass is 10.1. The molecule has 1 aromatic heterocycles. The van der Waals surface area contributed by atoms with Gasteiger partial charge in [0.2, 0.25) is 0 Å². The fourth-order valence-corrected chi connectivity index (χ4v) is 3.82. The fraction of sp³-hybridized carbons (Fsp3) is 0.320. The third-order valence-electron chi connectivity index (χ3n) is 5.79. The van der Waals surface area contributed by atoms with E-state index in [1.807, 2.05) is 30.3 Å². The minimum absolute atomic E-state index is 0.309. The van der Waals surface area contributed by atoms with Gasteiger partial charge in [0.15, 0.2) is 5.76 Å². The molecule has 33 heavy (non-hydrogen) atoms. The number of nitrogens with zero attached hydrogens (tertiary/aromatic N) is 4. The number of methoxy groups -OCH3 is 1. The molecule has 4 rings (SSSR count). The van der Waals surface area contributed by atoms with E-state index in [9.17, 15) is 4.79 Å². The van der Waals surface area contributed by atoms with Gasteiger partial charge in [-0.15, -0.1) is 0 Å². The molecule has 1 unspecified atom stereocenters. The quantitative estimate of drug-likeness (QED) is 0.621. The molecule has 1 atom stereocenters. The number of anilines is 1. The normalized spacial score (nSPS) is 15.0. The van der Waals surface area contributed by atoms with Gasteiger partial charge >= 0.3 is 0 Å². The van der Waals surface area contributed by atoms with Crippen molar-refractivity contribution in [3.63, 3.8) is 0 Å². The average Bonchev–Trinajstić information content (AvgIpc) is 3.34. The van der Waals surface area contributed by atoms with Crippen LogP contribution in [0, 0.1) is 11.3 Å². The molecule has 8 heteroatoms. The van der Waals surface area contributed by atoms with Crippen molar-refractivity contribution in [1.82, 2.24) is 15.4 Å². The van der Waals surface area contributed by atoms with E-state index in [2.05, 4.69) is 33.4 Å². The second kappa shape index (κ2) is 9.76. The van der Waals surface area contributed by atoms with Gasteiger partial charge in [0, 0.05) is 55.1 Å². The molecule has 2 heterocycles. The highest BCUT2D eigenvalue weighted by Crippen LogP contribution is 2.36. The predicted octanol–water partition coefficient (Wildman–Crippen LogP) is 3.41. The SMILES string of the molecule is COc1cc(N2CCN(C)CC2)ccc1-c1cc(-c2cccc(C(=O)NC(C)C#N)c2)no1. The first kappa shape index (κ1) is 22.4. The van der Waals surface area contributed by atoms with Crippen LogP contribution in [0.3, 0.4) is 0 Å². The first-order valence-corrected chi connectivity index (χ1v) is 10.9. The molecule has 1 N–H and O–H groups in total. The van der Waals surface area contributed by atoms with Gasteiger partial charge in [0.25, 0.3) is 5.91 Å². The number of hydrogen-bond acceptors (Lipinski definition) is 7. The molecule has 1 aliphatic heterocycles. The summed E-state index contributed by atoms with van der Waals surface area (Å²) >= 11 is 0. The largest absolute Gasteiger partial charge is 0.496 e. The van der Waals surface area contributed by atoms with E-state index in [0.717, 1.165) is 43.0 Å². The lowest BCUT2D eigenvalue weighted by Gasteiger charge is -2.34. The summed E-state index contributed by atoms with van der Waals surface area (Å²) in [4.78, 5) is 17.0. The summed E-state index contributed by atoms with van der Waals surface area (Å²) in [5, 5.41) is 15.8. The molecule has 1 amide bonds. The second-order valence-corrected chi connectivity index (χ2v) is 8.16. The maximum Gasteiger partial charge on any atom is 0.252 e. The molecule has 170 valence electrons. The molecule has 2 aromatic carbocycles. The van der Waals surface area contributed by atoms with Gasteiger partial charge in [-0.3, -0.25) is 4.79 Å². The minimum atomic E-state index is -0.568. The third kappa shape index (κ3) is 4.99. The maximum atomic E-state index is 12.4. The first-order chi connectivity index (χ1) is 16.0. The molecule has 8 nitrogen and oxygen atoms in total. The number of ether oxygens (including phenoxy) is 1. The molecule has 1 fully saturated rings. The summed E-state index contributed by atoms with van der Waals surface area (Å²) in [6, 6.07) is 16.4. The number of aromatic nitrogens is 1. The van der Waals surface area contributed by atoms with Gasteiger partial charge in [0.1, 0.15) is 17.5 Å². The number of benzene rings is 2. The predicted molar refractivity (Wildman–Crippen MR) is 126 cm³/mol. The van der Waals surface area contributed by atoms with Gasteiger partial charge in [-0.1, -0.05) is 17.3 Å². The summed E-state index contributed by atoms with van der Waals surface area (Å²) in [5.74, 6) is 0.989. The first-order valence-electron chi connectivity index (χ1n) is 10.9. The van der Waals surface area contributed by atoms with Crippen LogP contribution < -0.4 is 15.0 Å². The van der Waals surface area contributed by atoms with E-state index in [-0.39, 0.29) is 5.91 Å². The third-order valence-corrected chi connectivity index (χ3v) is 5.79. The molecular formula is C25H27N5O3. The summed E-state index contributed by atoms with van der Waals surface area (Å²) in [6.07, 6.45) is 0. The number of piperazine rings is 1. The van der Waals surface area contributed by atoms with Gasteiger partial charge in [-0.25, -0.2) is 0 Å². The Morgan fingerprint density at radius 2 is 1.97 bits per heavy atom. The Balaban J connectivity index is 1.57. The summed E-state index contributed by atoms with van der Waals surface area (Å²) in [6.45, 7) is 5.64. The zero-order valence-electron chi connectivity index (χ0n) is 19.0. The minimum Gasteiger partial charge on any atom is -0.496 e. The number of carbonyl (C=O) groups is 1. The molecule has 0 spiro atoms. The van der Waals surface area contributed by atoms with E-state index >= 15 is 0 Å². The fourth-order valence-electron chi connectivity index (χ4n) is 3.82. The van der Waals surface area contributed by atoms with Crippen LogP contribution in [0.5, 0.6) is 5.75 Å². The van der Waals surface area contributed by atoms with E-state index in [1.165, 1.54) is 0 Å². The number of hydrogen-bond donors (Lipinski definition) is 1. The van der Waals surface area contributed by atoms with Gasteiger partial charge < -0.3 is 24.4 Å². The Morgan fingerprint density at radius 3 is 2.70 bits per heavy atom. The molecule has 1 aliphatic rings. The van der Waals surface area contributed by atoms with Gasteiger partial charge in [-0.2, -0.15) is 5.26 Å². The van der Waals surface area contributed by atoms with Crippen LogP contribution in [-0.2, 0) is 0 Å². The highest BCUT2D eigenvalue weighted by molar-refractivity contribution is 5.95. The van der Waals surface area contributed by atoms with E-state index in [4.69, 9.17) is 14.5 Å². The monoisotopic (exact) mass is 445 g/mol. The lowest BCUT2D eigenvalue weighted by Crippen LogP contribution is -2.44. The van der Waals surface area contributed by atoms with Crippen molar-refractivity contribution in [2.24, 2.45) is 0 Å². The summed E-state index contributed by atoms with van der Waals surface area (Å²) in [7, 11) is 3.78.